The van der Waals surface area contributed by atoms with Crippen molar-refractivity contribution in [1.82, 2.24) is 0 Å². The van der Waals surface area contributed by atoms with Gasteiger partial charge in [0.05, 0.1) is 5.38 Å². The fourth-order valence-corrected chi connectivity index (χ4v) is 1.50. The average molecular weight is 219 g/mol. The molecule has 0 radical (unpaired) electrons. The number of nitrogens with zero attached hydrogens (tertiary/aromatic N) is 1. The molecule has 0 N–H and O–H groups in total. The zero-order valence-corrected chi connectivity index (χ0v) is 7.94. The van der Waals surface area contributed by atoms with E-state index in [1.165, 1.54) is 0 Å². The summed E-state index contributed by atoms with van der Waals surface area (Å²) in [6, 6.07) is 0. The van der Waals surface area contributed by atoms with Crippen LogP contribution in [0.1, 0.15) is 0 Å². The number of hydrogen-bond donors (Lipinski definition) is 0. The van der Waals surface area contributed by atoms with Gasteiger partial charge in [0.25, 0.3) is 0 Å². The van der Waals surface area contributed by atoms with E-state index >= 15 is 0 Å². The molecule has 0 atom stereocenters. The smallest absolute Gasteiger partial charge is 0.192 e. The molecular weight excluding hydrogens is 210 g/mol. The molecular formula is C7H9BrNS+. The predicted octanol–water partition coefficient (Wildman–Crippen LogP) is 1.99. The molecule has 0 aliphatic heterocycles. The fourth-order valence-electron chi connectivity index (χ4n) is 0.625. The van der Waals surface area contributed by atoms with E-state index in [0.29, 0.717) is 0 Å². The topological polar surface area (TPSA) is 3.88 Å². The van der Waals surface area contributed by atoms with Crippen LogP contribution in [-0.2, 0) is 6.54 Å². The molecule has 0 bridgehead atoms. The van der Waals surface area contributed by atoms with Crippen molar-refractivity contribution in [2.24, 2.45) is 0 Å². The van der Waals surface area contributed by atoms with E-state index in [9.17, 15) is 0 Å². The van der Waals surface area contributed by atoms with Crippen LogP contribution < -0.4 is 4.57 Å². The van der Waals surface area contributed by atoms with Gasteiger partial charge in [0, 0.05) is 5.33 Å². The van der Waals surface area contributed by atoms with Crippen LogP contribution in [0.2, 0.25) is 0 Å². The number of thiazole rings is 1. The van der Waals surface area contributed by atoms with Crippen LogP contribution in [-0.4, -0.2) is 5.33 Å². The third-order valence-electron chi connectivity index (χ3n) is 1.10. The van der Waals surface area contributed by atoms with Gasteiger partial charge in [0.15, 0.2) is 12.7 Å². The summed E-state index contributed by atoms with van der Waals surface area (Å²) in [5.41, 5.74) is 2.10. The van der Waals surface area contributed by atoms with Gasteiger partial charge in [-0.25, -0.2) is 0 Å². The second-order valence-corrected chi connectivity index (χ2v) is 3.25. The minimum Gasteiger partial charge on any atom is -0.192 e. The van der Waals surface area contributed by atoms with E-state index in [4.69, 9.17) is 0 Å². The molecule has 1 rings (SSSR count). The number of hydrogen-bond acceptors (Lipinski definition) is 1. The lowest BCUT2D eigenvalue weighted by molar-refractivity contribution is -0.682. The van der Waals surface area contributed by atoms with Crippen molar-refractivity contribution in [1.29, 1.82) is 0 Å². The number of halogens is 1. The summed E-state index contributed by atoms with van der Waals surface area (Å²) < 4.78 is 2.14. The maximum atomic E-state index is 3.32. The second-order valence-electron chi connectivity index (χ2n) is 1.85. The first-order valence-corrected chi connectivity index (χ1v) is 5.12. The van der Waals surface area contributed by atoms with E-state index in [-0.39, 0.29) is 0 Å². The summed E-state index contributed by atoms with van der Waals surface area (Å²) in [6.07, 6.45) is 6.31. The Kier molecular flexibility index (Phi) is 3.68. The zero-order chi connectivity index (χ0) is 7.23. The SMILES string of the molecule is BrC/C=C\C[n+]1ccsc1. The molecule has 0 aromatic carbocycles. The van der Waals surface area contributed by atoms with Crippen LogP contribution in [0.25, 0.3) is 0 Å². The summed E-state index contributed by atoms with van der Waals surface area (Å²) in [4.78, 5) is 0. The summed E-state index contributed by atoms with van der Waals surface area (Å²) in [5, 5.41) is 3.01. The van der Waals surface area contributed by atoms with Gasteiger partial charge in [0.2, 0.25) is 5.51 Å². The van der Waals surface area contributed by atoms with Crippen molar-refractivity contribution in [3.63, 3.8) is 0 Å². The molecule has 0 spiro atoms. The largest absolute Gasteiger partial charge is 0.224 e. The molecule has 0 aliphatic rings. The number of allylic oxidation sites excluding steroid dienone is 2. The summed E-state index contributed by atoms with van der Waals surface area (Å²) in [5.74, 6) is 0. The Morgan fingerprint density at radius 1 is 1.50 bits per heavy atom. The minimum absolute atomic E-state index is 0.942. The maximum Gasteiger partial charge on any atom is 0.224 e. The van der Waals surface area contributed by atoms with Gasteiger partial charge in [-0.3, -0.25) is 0 Å². The molecule has 3 heteroatoms. The second kappa shape index (κ2) is 4.63. The summed E-state index contributed by atoms with van der Waals surface area (Å²) in [7, 11) is 0. The molecule has 0 fully saturated rings. The molecule has 0 aliphatic carbocycles. The van der Waals surface area contributed by atoms with E-state index < -0.39 is 0 Å². The first-order chi connectivity index (χ1) is 4.93. The van der Waals surface area contributed by atoms with E-state index in [1.807, 2.05) is 0 Å². The normalized spacial score (nSPS) is 10.9. The zero-order valence-electron chi connectivity index (χ0n) is 5.53. The van der Waals surface area contributed by atoms with Crippen LogP contribution in [0.15, 0.2) is 29.2 Å². The fraction of sp³-hybridized carbons (Fsp3) is 0.286. The number of aromatic nitrogens is 1. The molecule has 10 heavy (non-hydrogen) atoms. The van der Waals surface area contributed by atoms with E-state index in [2.05, 4.69) is 49.7 Å². The van der Waals surface area contributed by atoms with Crippen molar-refractivity contribution in [3.8, 4) is 0 Å². The standard InChI is InChI=1S/C7H9BrNS/c8-3-1-2-4-9-5-6-10-7-9/h1-2,5-7H,3-4H2/q+1/b2-1-. The highest BCUT2D eigenvalue weighted by Crippen LogP contribution is 1.88. The highest BCUT2D eigenvalue weighted by atomic mass is 79.9. The Bertz CT molecular complexity index is 193. The molecule has 0 saturated carbocycles. The first-order valence-electron chi connectivity index (χ1n) is 3.05. The Morgan fingerprint density at radius 3 is 3.00 bits per heavy atom. The van der Waals surface area contributed by atoms with Crippen molar-refractivity contribution in [3.05, 3.63) is 29.2 Å². The summed E-state index contributed by atoms with van der Waals surface area (Å²) in [6.45, 7) is 0.981. The van der Waals surface area contributed by atoms with Crippen molar-refractivity contribution in [2.75, 3.05) is 5.33 Å². The van der Waals surface area contributed by atoms with Gasteiger partial charge >= 0.3 is 0 Å². The van der Waals surface area contributed by atoms with Crippen LogP contribution >= 0.6 is 27.3 Å². The monoisotopic (exact) mass is 218 g/mol. The van der Waals surface area contributed by atoms with Crippen molar-refractivity contribution < 1.29 is 4.57 Å². The molecule has 1 heterocycles. The third kappa shape index (κ3) is 2.62. The van der Waals surface area contributed by atoms with Gasteiger partial charge < -0.3 is 0 Å². The van der Waals surface area contributed by atoms with Crippen LogP contribution in [0, 0.1) is 0 Å². The highest BCUT2D eigenvalue weighted by molar-refractivity contribution is 9.09. The Balaban J connectivity index is 2.34. The van der Waals surface area contributed by atoms with Crippen molar-refractivity contribution in [2.45, 2.75) is 6.54 Å². The van der Waals surface area contributed by atoms with Crippen LogP contribution in [0.5, 0.6) is 0 Å². The Labute approximate surface area is 73.1 Å². The molecule has 0 unspecified atom stereocenters. The predicted molar refractivity (Wildman–Crippen MR) is 47.4 cm³/mol. The molecule has 1 nitrogen and oxygen atoms in total. The maximum absolute atomic E-state index is 3.32. The van der Waals surface area contributed by atoms with Crippen LogP contribution in [0.4, 0.5) is 0 Å². The Morgan fingerprint density at radius 2 is 2.40 bits per heavy atom. The first kappa shape index (κ1) is 7.95. The van der Waals surface area contributed by atoms with Gasteiger partial charge in [-0.1, -0.05) is 33.3 Å². The lowest BCUT2D eigenvalue weighted by Gasteiger charge is -1.81. The highest BCUT2D eigenvalue weighted by Gasteiger charge is 1.92. The quantitative estimate of drug-likeness (QED) is 0.416. The lowest BCUT2D eigenvalue weighted by atomic mass is 10.5. The number of alkyl halides is 1. The van der Waals surface area contributed by atoms with Crippen LogP contribution in [0.3, 0.4) is 0 Å². The number of rotatable bonds is 3. The van der Waals surface area contributed by atoms with E-state index in [1.54, 1.807) is 11.3 Å². The summed E-state index contributed by atoms with van der Waals surface area (Å²) >= 11 is 5.04. The van der Waals surface area contributed by atoms with Crippen molar-refractivity contribution >= 4 is 27.3 Å². The van der Waals surface area contributed by atoms with Gasteiger partial charge in [-0.15, -0.1) is 0 Å². The Hall–Kier alpha value is -0.150. The van der Waals surface area contributed by atoms with Gasteiger partial charge in [-0.2, -0.15) is 4.57 Å². The minimum atomic E-state index is 0.942. The average Bonchev–Trinajstić information content (AvgIpc) is 2.41. The molecule has 54 valence electrons. The van der Waals surface area contributed by atoms with Gasteiger partial charge in [0.1, 0.15) is 0 Å². The molecule has 1 aromatic rings. The van der Waals surface area contributed by atoms with Gasteiger partial charge in [-0.05, 0) is 6.08 Å². The third-order valence-corrected chi connectivity index (χ3v) is 2.14. The molecule has 0 saturated heterocycles. The van der Waals surface area contributed by atoms with E-state index in [0.717, 1.165) is 11.9 Å². The molecule has 1 aromatic heterocycles. The molecule has 0 amide bonds. The lowest BCUT2D eigenvalue weighted by Crippen LogP contribution is -2.28.